The summed E-state index contributed by atoms with van der Waals surface area (Å²) in [6.07, 6.45) is 4.59. The van der Waals surface area contributed by atoms with Gasteiger partial charge >= 0.3 is 0 Å². The molecule has 0 bridgehead atoms. The van der Waals surface area contributed by atoms with Crippen LogP contribution < -0.4 is 5.32 Å². The van der Waals surface area contributed by atoms with E-state index in [2.05, 4.69) is 12.2 Å². The second kappa shape index (κ2) is 7.25. The Bertz CT molecular complexity index is 385. The van der Waals surface area contributed by atoms with Crippen molar-refractivity contribution >= 4 is 11.8 Å². The van der Waals surface area contributed by atoms with E-state index >= 15 is 0 Å². The van der Waals surface area contributed by atoms with Gasteiger partial charge in [0.25, 0.3) is 0 Å². The van der Waals surface area contributed by atoms with Gasteiger partial charge in [-0.25, -0.2) is 8.78 Å². The Morgan fingerprint density at radius 3 is 2.58 bits per heavy atom. The lowest BCUT2D eigenvalue weighted by Gasteiger charge is -2.31. The van der Waals surface area contributed by atoms with Crippen molar-refractivity contribution in [2.45, 2.75) is 43.9 Å². The fourth-order valence-corrected chi connectivity index (χ4v) is 4.00. The van der Waals surface area contributed by atoms with Crippen LogP contribution in [-0.4, -0.2) is 17.5 Å². The molecule has 19 heavy (non-hydrogen) atoms. The molecule has 0 spiro atoms. The third-order valence-corrected chi connectivity index (χ3v) is 4.91. The van der Waals surface area contributed by atoms with E-state index in [1.54, 1.807) is 0 Å². The third-order valence-electron chi connectivity index (χ3n) is 3.44. The first-order valence-electron chi connectivity index (χ1n) is 7.01. The number of benzene rings is 1. The molecule has 0 radical (unpaired) electrons. The van der Waals surface area contributed by atoms with Gasteiger partial charge in [-0.1, -0.05) is 13.3 Å². The topological polar surface area (TPSA) is 12.0 Å². The summed E-state index contributed by atoms with van der Waals surface area (Å²) in [6.45, 7) is 2.98. The molecule has 1 aliphatic heterocycles. The van der Waals surface area contributed by atoms with E-state index in [0.29, 0.717) is 5.25 Å². The summed E-state index contributed by atoms with van der Waals surface area (Å²) in [5.41, 5.74) is 0.741. The Kier molecular flexibility index (Phi) is 5.64. The first-order chi connectivity index (χ1) is 9.20. The summed E-state index contributed by atoms with van der Waals surface area (Å²) < 4.78 is 26.8. The number of nitrogens with one attached hydrogen (secondary N) is 1. The quantitative estimate of drug-likeness (QED) is 0.866. The van der Waals surface area contributed by atoms with E-state index in [0.717, 1.165) is 36.8 Å². The van der Waals surface area contributed by atoms with Crippen molar-refractivity contribution in [1.82, 2.24) is 5.32 Å². The average Bonchev–Trinajstić information content (AvgIpc) is 2.39. The summed E-state index contributed by atoms with van der Waals surface area (Å²) >= 11 is 1.92. The molecule has 1 aromatic carbocycles. The molecule has 0 saturated carbocycles. The van der Waals surface area contributed by atoms with Crippen LogP contribution in [0.2, 0.25) is 0 Å². The summed E-state index contributed by atoms with van der Waals surface area (Å²) in [5, 5.41) is 3.87. The van der Waals surface area contributed by atoms with Crippen molar-refractivity contribution in [3.63, 3.8) is 0 Å². The molecule has 1 nitrogen and oxygen atoms in total. The van der Waals surface area contributed by atoms with Crippen LogP contribution in [0.25, 0.3) is 0 Å². The van der Waals surface area contributed by atoms with Crippen molar-refractivity contribution in [3.05, 3.63) is 35.4 Å². The van der Waals surface area contributed by atoms with Crippen molar-refractivity contribution in [3.8, 4) is 0 Å². The zero-order valence-electron chi connectivity index (χ0n) is 11.3. The molecule has 2 atom stereocenters. The molecule has 1 heterocycles. The number of rotatable bonds is 5. The van der Waals surface area contributed by atoms with Crippen LogP contribution in [-0.2, 0) is 0 Å². The van der Waals surface area contributed by atoms with Crippen LogP contribution in [0.15, 0.2) is 18.2 Å². The highest BCUT2D eigenvalue weighted by molar-refractivity contribution is 8.00. The molecule has 106 valence electrons. The molecule has 4 heteroatoms. The van der Waals surface area contributed by atoms with Gasteiger partial charge in [0.2, 0.25) is 0 Å². The maximum absolute atomic E-state index is 13.4. The molecular weight excluding hydrogens is 264 g/mol. The van der Waals surface area contributed by atoms with Crippen molar-refractivity contribution < 1.29 is 8.78 Å². The largest absolute Gasteiger partial charge is 0.309 e. The Morgan fingerprint density at radius 2 is 2.00 bits per heavy atom. The lowest BCUT2D eigenvalue weighted by molar-refractivity contribution is 0.472. The minimum Gasteiger partial charge on any atom is -0.309 e. The van der Waals surface area contributed by atoms with Crippen LogP contribution >= 0.6 is 11.8 Å². The van der Waals surface area contributed by atoms with Gasteiger partial charge in [0.1, 0.15) is 11.6 Å². The van der Waals surface area contributed by atoms with E-state index in [1.165, 1.54) is 25.0 Å². The summed E-state index contributed by atoms with van der Waals surface area (Å²) in [6, 6.07) is 3.92. The summed E-state index contributed by atoms with van der Waals surface area (Å²) in [7, 11) is 0. The first kappa shape index (κ1) is 14.8. The molecule has 1 N–H and O–H groups in total. The van der Waals surface area contributed by atoms with E-state index in [1.807, 2.05) is 11.8 Å². The molecule has 0 aliphatic carbocycles. The second-order valence-electron chi connectivity index (χ2n) is 5.04. The van der Waals surface area contributed by atoms with E-state index in [-0.39, 0.29) is 6.04 Å². The highest BCUT2D eigenvalue weighted by Gasteiger charge is 2.25. The van der Waals surface area contributed by atoms with Gasteiger partial charge in [0.15, 0.2) is 0 Å². The minimum atomic E-state index is -0.487. The molecular formula is C15H21F2NS. The van der Waals surface area contributed by atoms with Gasteiger partial charge < -0.3 is 5.32 Å². The van der Waals surface area contributed by atoms with E-state index in [4.69, 9.17) is 0 Å². The molecule has 0 aromatic heterocycles. The van der Waals surface area contributed by atoms with Gasteiger partial charge in [-0.05, 0) is 49.3 Å². The lowest BCUT2D eigenvalue weighted by atomic mass is 9.99. The molecule has 1 aromatic rings. The van der Waals surface area contributed by atoms with Gasteiger partial charge in [0, 0.05) is 17.4 Å². The van der Waals surface area contributed by atoms with Crippen molar-refractivity contribution in [1.29, 1.82) is 0 Å². The maximum atomic E-state index is 13.4. The zero-order chi connectivity index (χ0) is 13.7. The summed E-state index contributed by atoms with van der Waals surface area (Å²) in [4.78, 5) is 0. The Balaban J connectivity index is 2.19. The first-order valence-corrected chi connectivity index (χ1v) is 8.06. The van der Waals surface area contributed by atoms with Crippen LogP contribution in [0.4, 0.5) is 8.78 Å². The van der Waals surface area contributed by atoms with Crippen LogP contribution in [0.3, 0.4) is 0 Å². The third kappa shape index (κ3) is 4.18. The Morgan fingerprint density at radius 1 is 1.26 bits per heavy atom. The highest BCUT2D eigenvalue weighted by atomic mass is 32.2. The highest BCUT2D eigenvalue weighted by Crippen LogP contribution is 2.35. The number of halogens is 2. The maximum Gasteiger partial charge on any atom is 0.126 e. The standard InChI is InChI=1S/C15H21F2NS/c1-2-6-18-15(14-5-3-4-7-19-14)11-8-12(16)10-13(17)9-11/h8-10,14-15,18H,2-7H2,1H3. The van der Waals surface area contributed by atoms with E-state index in [9.17, 15) is 8.78 Å². The predicted molar refractivity (Wildman–Crippen MR) is 77.5 cm³/mol. The smallest absolute Gasteiger partial charge is 0.126 e. The van der Waals surface area contributed by atoms with Crippen molar-refractivity contribution in [2.75, 3.05) is 12.3 Å². The van der Waals surface area contributed by atoms with Crippen LogP contribution in [0.1, 0.15) is 44.2 Å². The molecule has 0 amide bonds. The number of hydrogen-bond acceptors (Lipinski definition) is 2. The minimum absolute atomic E-state index is 0.0513. The predicted octanol–water partition coefficient (Wildman–Crippen LogP) is 4.29. The van der Waals surface area contributed by atoms with Crippen LogP contribution in [0.5, 0.6) is 0 Å². The molecule has 2 rings (SSSR count). The Labute approximate surface area is 118 Å². The Hall–Kier alpha value is -0.610. The monoisotopic (exact) mass is 285 g/mol. The van der Waals surface area contributed by atoms with Gasteiger partial charge in [-0.15, -0.1) is 0 Å². The van der Waals surface area contributed by atoms with Gasteiger partial charge in [0.05, 0.1) is 0 Å². The summed E-state index contributed by atoms with van der Waals surface area (Å²) in [5.74, 6) is 0.172. The molecule has 2 unspecified atom stereocenters. The fourth-order valence-electron chi connectivity index (χ4n) is 2.55. The van der Waals surface area contributed by atoms with Crippen LogP contribution in [0, 0.1) is 11.6 Å². The van der Waals surface area contributed by atoms with Gasteiger partial charge in [-0.2, -0.15) is 11.8 Å². The second-order valence-corrected chi connectivity index (χ2v) is 6.39. The molecule has 1 saturated heterocycles. The fraction of sp³-hybridized carbons (Fsp3) is 0.600. The number of thioether (sulfide) groups is 1. The number of hydrogen-bond donors (Lipinski definition) is 1. The zero-order valence-corrected chi connectivity index (χ0v) is 12.1. The molecule has 1 aliphatic rings. The van der Waals surface area contributed by atoms with E-state index < -0.39 is 11.6 Å². The normalized spacial score (nSPS) is 21.3. The van der Waals surface area contributed by atoms with Crippen molar-refractivity contribution in [2.24, 2.45) is 0 Å². The SMILES string of the molecule is CCCNC(c1cc(F)cc(F)c1)C1CCCCS1. The average molecular weight is 285 g/mol. The molecule has 1 fully saturated rings. The van der Waals surface area contributed by atoms with Gasteiger partial charge in [-0.3, -0.25) is 0 Å². The lowest BCUT2D eigenvalue weighted by Crippen LogP contribution is -2.32.